The number of anilines is 1. The van der Waals surface area contributed by atoms with E-state index in [1.165, 1.54) is 18.5 Å². The van der Waals surface area contributed by atoms with E-state index in [9.17, 15) is 4.79 Å². The van der Waals surface area contributed by atoms with E-state index in [0.717, 1.165) is 0 Å². The number of amides is 1. The van der Waals surface area contributed by atoms with Gasteiger partial charge in [-0.25, -0.2) is 9.97 Å². The Morgan fingerprint density at radius 3 is 2.59 bits per heavy atom. The highest BCUT2D eigenvalue weighted by Crippen LogP contribution is 2.12. The number of nitrogens with one attached hydrogen (secondary N) is 1. The highest BCUT2D eigenvalue weighted by atomic mass is 35.5. The Bertz CT molecular complexity index is 543. The van der Waals surface area contributed by atoms with Crippen LogP contribution in [0.15, 0.2) is 36.7 Å². The van der Waals surface area contributed by atoms with Crippen molar-refractivity contribution in [1.29, 1.82) is 0 Å². The number of aromatic nitrogens is 2. The van der Waals surface area contributed by atoms with Crippen LogP contribution in [0.5, 0.6) is 0 Å². The van der Waals surface area contributed by atoms with Gasteiger partial charge in [0, 0.05) is 11.8 Å². The van der Waals surface area contributed by atoms with Crippen LogP contribution in [0.1, 0.15) is 10.4 Å². The molecule has 4 nitrogen and oxygen atoms in total. The summed E-state index contributed by atoms with van der Waals surface area (Å²) in [6, 6.07) is 6.32. The summed E-state index contributed by atoms with van der Waals surface area (Å²) in [5.41, 5.74) is 0.993. The summed E-state index contributed by atoms with van der Waals surface area (Å²) in [6.45, 7) is 0. The van der Waals surface area contributed by atoms with E-state index < -0.39 is 0 Å². The summed E-state index contributed by atoms with van der Waals surface area (Å²) in [5.74, 6) is -0.279. The summed E-state index contributed by atoms with van der Waals surface area (Å²) in [7, 11) is 0. The van der Waals surface area contributed by atoms with E-state index in [1.807, 2.05) is 0 Å². The van der Waals surface area contributed by atoms with Gasteiger partial charge in [-0.1, -0.05) is 23.2 Å². The molecular weight excluding hydrogens is 261 g/mol. The molecule has 6 heteroatoms. The van der Waals surface area contributed by atoms with E-state index in [2.05, 4.69) is 15.3 Å². The van der Waals surface area contributed by atoms with E-state index in [4.69, 9.17) is 23.2 Å². The van der Waals surface area contributed by atoms with Crippen LogP contribution in [-0.2, 0) is 0 Å². The molecule has 2 aromatic rings. The number of pyridine rings is 2. The molecule has 0 saturated heterocycles. The third-order valence-corrected chi connectivity index (χ3v) is 2.40. The molecular formula is C11H7Cl2N3O. The minimum absolute atomic E-state index is 0.270. The molecule has 17 heavy (non-hydrogen) atoms. The fourth-order valence-corrected chi connectivity index (χ4v) is 1.48. The lowest BCUT2D eigenvalue weighted by atomic mass is 10.2. The number of carbonyl (C=O) groups excluding carboxylic acids is 1. The summed E-state index contributed by atoms with van der Waals surface area (Å²) in [5, 5.41) is 3.31. The first kappa shape index (κ1) is 11.8. The highest BCUT2D eigenvalue weighted by Gasteiger charge is 2.06. The third kappa shape index (κ3) is 3.15. The minimum Gasteiger partial charge on any atom is -0.321 e. The SMILES string of the molecule is O=C(Nc1ccc(Cl)nc1)c1ccnc(Cl)c1. The maximum absolute atomic E-state index is 11.8. The van der Waals surface area contributed by atoms with Crippen LogP contribution in [0, 0.1) is 0 Å². The summed E-state index contributed by atoms with van der Waals surface area (Å²) in [4.78, 5) is 19.4. The minimum atomic E-state index is -0.279. The molecule has 0 spiro atoms. The molecule has 1 amide bonds. The van der Waals surface area contributed by atoms with Crippen LogP contribution in [0.25, 0.3) is 0 Å². The van der Waals surface area contributed by atoms with Gasteiger partial charge in [0.1, 0.15) is 10.3 Å². The second-order valence-corrected chi connectivity index (χ2v) is 3.97. The Morgan fingerprint density at radius 2 is 1.94 bits per heavy atom. The first-order valence-electron chi connectivity index (χ1n) is 4.69. The monoisotopic (exact) mass is 267 g/mol. The molecule has 1 N–H and O–H groups in total. The van der Waals surface area contributed by atoms with Crippen LogP contribution >= 0.6 is 23.2 Å². The number of hydrogen-bond acceptors (Lipinski definition) is 3. The van der Waals surface area contributed by atoms with Crippen molar-refractivity contribution in [3.63, 3.8) is 0 Å². The normalized spacial score (nSPS) is 10.0. The lowest BCUT2D eigenvalue weighted by molar-refractivity contribution is 0.102. The molecule has 0 aromatic carbocycles. The molecule has 0 aliphatic rings. The Morgan fingerprint density at radius 1 is 1.12 bits per heavy atom. The maximum atomic E-state index is 11.8. The number of hydrogen-bond donors (Lipinski definition) is 1. The first-order chi connectivity index (χ1) is 8.15. The molecule has 0 radical (unpaired) electrons. The molecule has 2 aromatic heterocycles. The fourth-order valence-electron chi connectivity index (χ4n) is 1.20. The van der Waals surface area contributed by atoms with Gasteiger partial charge in [-0.2, -0.15) is 0 Å². The smallest absolute Gasteiger partial charge is 0.255 e. The quantitative estimate of drug-likeness (QED) is 0.851. The van der Waals surface area contributed by atoms with Crippen molar-refractivity contribution in [3.8, 4) is 0 Å². The average Bonchev–Trinajstić information content (AvgIpc) is 2.32. The van der Waals surface area contributed by atoms with Crippen LogP contribution < -0.4 is 5.32 Å². The van der Waals surface area contributed by atoms with Gasteiger partial charge >= 0.3 is 0 Å². The summed E-state index contributed by atoms with van der Waals surface area (Å²) >= 11 is 11.3. The number of nitrogens with zero attached hydrogens (tertiary/aromatic N) is 2. The standard InChI is InChI=1S/C11H7Cl2N3O/c12-9-2-1-8(6-15-9)16-11(17)7-3-4-14-10(13)5-7/h1-6H,(H,16,17). The third-order valence-electron chi connectivity index (χ3n) is 1.97. The molecule has 2 heterocycles. The summed E-state index contributed by atoms with van der Waals surface area (Å²) < 4.78 is 0. The molecule has 0 unspecified atom stereocenters. The second kappa shape index (κ2) is 5.12. The Labute approximate surface area is 108 Å². The van der Waals surface area contributed by atoms with Crippen LogP contribution in [-0.4, -0.2) is 15.9 Å². The van der Waals surface area contributed by atoms with Crippen molar-refractivity contribution in [3.05, 3.63) is 52.5 Å². The molecule has 0 fully saturated rings. The van der Waals surface area contributed by atoms with Gasteiger partial charge in [-0.15, -0.1) is 0 Å². The zero-order chi connectivity index (χ0) is 12.3. The van der Waals surface area contributed by atoms with Gasteiger partial charge < -0.3 is 5.32 Å². The zero-order valence-corrected chi connectivity index (χ0v) is 10.0. The van der Waals surface area contributed by atoms with Gasteiger partial charge in [-0.05, 0) is 24.3 Å². The Hall–Kier alpha value is -1.65. The van der Waals surface area contributed by atoms with Crippen molar-refractivity contribution in [2.75, 3.05) is 5.32 Å². The van der Waals surface area contributed by atoms with E-state index >= 15 is 0 Å². The maximum Gasteiger partial charge on any atom is 0.255 e. The van der Waals surface area contributed by atoms with Gasteiger partial charge in [0.2, 0.25) is 0 Å². The van der Waals surface area contributed by atoms with Crippen molar-refractivity contribution < 1.29 is 4.79 Å². The molecule has 0 aliphatic carbocycles. The van der Waals surface area contributed by atoms with Gasteiger partial charge in [-0.3, -0.25) is 4.79 Å². The zero-order valence-electron chi connectivity index (χ0n) is 8.52. The molecule has 86 valence electrons. The first-order valence-corrected chi connectivity index (χ1v) is 5.45. The second-order valence-electron chi connectivity index (χ2n) is 3.19. The van der Waals surface area contributed by atoms with Gasteiger partial charge in [0.25, 0.3) is 5.91 Å². The van der Waals surface area contributed by atoms with Gasteiger partial charge in [0.05, 0.1) is 11.9 Å². The molecule has 0 aliphatic heterocycles. The topological polar surface area (TPSA) is 54.9 Å². The Kier molecular flexibility index (Phi) is 3.56. The van der Waals surface area contributed by atoms with Crippen molar-refractivity contribution in [1.82, 2.24) is 9.97 Å². The van der Waals surface area contributed by atoms with Crippen LogP contribution in [0.3, 0.4) is 0 Å². The predicted octanol–water partition coefficient (Wildman–Crippen LogP) is 3.04. The number of rotatable bonds is 2. The number of carbonyl (C=O) groups is 1. The van der Waals surface area contributed by atoms with Crippen LogP contribution in [0.4, 0.5) is 5.69 Å². The predicted molar refractivity (Wildman–Crippen MR) is 66.4 cm³/mol. The van der Waals surface area contributed by atoms with Crippen molar-refractivity contribution >= 4 is 34.8 Å². The van der Waals surface area contributed by atoms with E-state index in [0.29, 0.717) is 16.4 Å². The molecule has 0 atom stereocenters. The highest BCUT2D eigenvalue weighted by molar-refractivity contribution is 6.30. The lowest BCUT2D eigenvalue weighted by Crippen LogP contribution is -2.12. The fraction of sp³-hybridized carbons (Fsp3) is 0. The van der Waals surface area contributed by atoms with Gasteiger partial charge in [0.15, 0.2) is 0 Å². The van der Waals surface area contributed by atoms with Crippen molar-refractivity contribution in [2.24, 2.45) is 0 Å². The average molecular weight is 268 g/mol. The number of halogens is 2. The van der Waals surface area contributed by atoms with E-state index in [-0.39, 0.29) is 11.1 Å². The van der Waals surface area contributed by atoms with Crippen LogP contribution in [0.2, 0.25) is 10.3 Å². The largest absolute Gasteiger partial charge is 0.321 e. The molecule has 0 bridgehead atoms. The summed E-state index contributed by atoms with van der Waals surface area (Å²) in [6.07, 6.45) is 2.94. The van der Waals surface area contributed by atoms with E-state index in [1.54, 1.807) is 18.2 Å². The molecule has 0 saturated carbocycles. The van der Waals surface area contributed by atoms with Crippen molar-refractivity contribution in [2.45, 2.75) is 0 Å². The lowest BCUT2D eigenvalue weighted by Gasteiger charge is -2.04. The molecule has 2 rings (SSSR count). The Balaban J connectivity index is 2.14.